The van der Waals surface area contributed by atoms with Gasteiger partial charge < -0.3 is 9.64 Å². The van der Waals surface area contributed by atoms with E-state index in [4.69, 9.17) is 4.74 Å². The van der Waals surface area contributed by atoms with Crippen molar-refractivity contribution >= 4 is 17.3 Å². The van der Waals surface area contributed by atoms with E-state index in [2.05, 4.69) is 0 Å². The minimum atomic E-state index is -4.67. The van der Waals surface area contributed by atoms with E-state index in [1.54, 1.807) is 6.92 Å². The van der Waals surface area contributed by atoms with Crippen LogP contribution in [-0.2, 0) is 15.7 Å². The van der Waals surface area contributed by atoms with E-state index < -0.39 is 34.4 Å². The first-order valence-electron chi connectivity index (χ1n) is 7.04. The van der Waals surface area contributed by atoms with E-state index in [0.717, 1.165) is 12.1 Å². The molecular weight excluding hydrogens is 317 g/mol. The molecule has 1 heterocycles. The number of benzene rings is 1. The summed E-state index contributed by atoms with van der Waals surface area (Å²) in [6.45, 7) is 2.14. The predicted octanol–water partition coefficient (Wildman–Crippen LogP) is 3.15. The van der Waals surface area contributed by atoms with Crippen LogP contribution in [0.15, 0.2) is 18.2 Å². The monoisotopic (exact) mass is 332 g/mol. The minimum Gasteiger partial charge on any atom is -0.464 e. The fraction of sp³-hybridized carbons (Fsp3) is 0.500. The number of nitro groups is 1. The Balaban J connectivity index is 2.42. The molecule has 0 aromatic heterocycles. The van der Waals surface area contributed by atoms with Gasteiger partial charge in [-0.3, -0.25) is 10.1 Å². The zero-order valence-electron chi connectivity index (χ0n) is 12.3. The molecule has 1 fully saturated rings. The molecular formula is C14H15F3N2O4. The molecule has 0 aliphatic carbocycles. The lowest BCUT2D eigenvalue weighted by Gasteiger charge is -2.25. The van der Waals surface area contributed by atoms with E-state index in [9.17, 15) is 28.1 Å². The van der Waals surface area contributed by atoms with Crippen molar-refractivity contribution in [2.45, 2.75) is 32.0 Å². The third-order valence-electron chi connectivity index (χ3n) is 3.62. The van der Waals surface area contributed by atoms with E-state index in [1.807, 2.05) is 0 Å². The quantitative estimate of drug-likeness (QED) is 0.481. The molecule has 0 bridgehead atoms. The first-order valence-corrected chi connectivity index (χ1v) is 7.04. The Bertz CT molecular complexity index is 619. The van der Waals surface area contributed by atoms with Crippen molar-refractivity contribution in [1.29, 1.82) is 0 Å². The molecule has 1 unspecified atom stereocenters. The van der Waals surface area contributed by atoms with Crippen LogP contribution in [0, 0.1) is 10.1 Å². The maximum absolute atomic E-state index is 12.7. The lowest BCUT2D eigenvalue weighted by molar-refractivity contribution is -0.384. The number of nitro benzene ring substituents is 1. The summed E-state index contributed by atoms with van der Waals surface area (Å²) in [5.74, 6) is -0.529. The van der Waals surface area contributed by atoms with Gasteiger partial charge in [0.15, 0.2) is 0 Å². The normalized spacial score (nSPS) is 18.1. The number of rotatable bonds is 4. The van der Waals surface area contributed by atoms with Crippen molar-refractivity contribution in [3.05, 3.63) is 33.9 Å². The molecule has 126 valence electrons. The smallest absolute Gasteiger partial charge is 0.416 e. The van der Waals surface area contributed by atoms with Gasteiger partial charge in [-0.2, -0.15) is 13.2 Å². The highest BCUT2D eigenvalue weighted by molar-refractivity contribution is 5.82. The Labute approximate surface area is 130 Å². The van der Waals surface area contributed by atoms with Crippen LogP contribution in [0.25, 0.3) is 0 Å². The van der Waals surface area contributed by atoms with Crippen molar-refractivity contribution in [3.63, 3.8) is 0 Å². The van der Waals surface area contributed by atoms with Crippen molar-refractivity contribution in [2.24, 2.45) is 0 Å². The molecule has 0 radical (unpaired) electrons. The molecule has 0 saturated carbocycles. The van der Waals surface area contributed by atoms with Crippen LogP contribution in [0.1, 0.15) is 25.3 Å². The fourth-order valence-corrected chi connectivity index (χ4v) is 2.63. The molecule has 1 atom stereocenters. The SMILES string of the molecule is CCOC(=O)C1CCCN1c1ccc(C(F)(F)F)cc1[N+](=O)[O-]. The molecule has 1 aliphatic rings. The molecule has 0 spiro atoms. The summed E-state index contributed by atoms with van der Waals surface area (Å²) in [5, 5.41) is 11.2. The number of nitrogens with zero attached hydrogens (tertiary/aromatic N) is 2. The number of carbonyl (C=O) groups is 1. The summed E-state index contributed by atoms with van der Waals surface area (Å²) in [4.78, 5) is 23.6. The van der Waals surface area contributed by atoms with Crippen LogP contribution in [0.2, 0.25) is 0 Å². The second kappa shape index (κ2) is 6.43. The second-order valence-corrected chi connectivity index (χ2v) is 5.06. The Morgan fingerprint density at radius 2 is 2.17 bits per heavy atom. The Morgan fingerprint density at radius 1 is 1.48 bits per heavy atom. The summed E-state index contributed by atoms with van der Waals surface area (Å²) in [6, 6.07) is 1.60. The van der Waals surface area contributed by atoms with Crippen LogP contribution in [0.3, 0.4) is 0 Å². The fourth-order valence-electron chi connectivity index (χ4n) is 2.63. The van der Waals surface area contributed by atoms with E-state index >= 15 is 0 Å². The maximum atomic E-state index is 12.7. The first kappa shape index (κ1) is 17.0. The number of halogens is 3. The molecule has 0 N–H and O–H groups in total. The van der Waals surface area contributed by atoms with Crippen molar-refractivity contribution in [1.82, 2.24) is 0 Å². The number of ether oxygens (including phenoxy) is 1. The number of alkyl halides is 3. The third-order valence-corrected chi connectivity index (χ3v) is 3.62. The Hall–Kier alpha value is -2.32. The van der Waals surface area contributed by atoms with Gasteiger partial charge in [-0.05, 0) is 31.9 Å². The number of hydrogen-bond acceptors (Lipinski definition) is 5. The molecule has 2 rings (SSSR count). The second-order valence-electron chi connectivity index (χ2n) is 5.06. The lowest BCUT2D eigenvalue weighted by atomic mass is 10.1. The Morgan fingerprint density at radius 3 is 2.74 bits per heavy atom. The highest BCUT2D eigenvalue weighted by Crippen LogP contribution is 2.38. The molecule has 1 aromatic rings. The van der Waals surface area contributed by atoms with E-state index in [0.29, 0.717) is 25.5 Å². The van der Waals surface area contributed by atoms with Crippen LogP contribution < -0.4 is 4.90 Å². The van der Waals surface area contributed by atoms with Gasteiger partial charge in [-0.1, -0.05) is 0 Å². The van der Waals surface area contributed by atoms with Gasteiger partial charge in [0.05, 0.1) is 17.1 Å². The number of esters is 1. The van der Waals surface area contributed by atoms with Crippen molar-refractivity contribution in [2.75, 3.05) is 18.1 Å². The molecule has 1 aliphatic heterocycles. The van der Waals surface area contributed by atoms with Gasteiger partial charge in [0.1, 0.15) is 11.7 Å². The minimum absolute atomic E-state index is 0.00134. The molecule has 9 heteroatoms. The average Bonchev–Trinajstić information content (AvgIpc) is 2.95. The van der Waals surface area contributed by atoms with E-state index in [-0.39, 0.29) is 12.3 Å². The van der Waals surface area contributed by atoms with Gasteiger partial charge in [0.25, 0.3) is 5.69 Å². The number of carbonyl (C=O) groups excluding carboxylic acids is 1. The summed E-state index contributed by atoms with van der Waals surface area (Å²) >= 11 is 0. The number of hydrogen-bond donors (Lipinski definition) is 0. The maximum Gasteiger partial charge on any atom is 0.416 e. The summed E-state index contributed by atoms with van der Waals surface area (Å²) in [5.41, 5.74) is -1.77. The summed E-state index contributed by atoms with van der Waals surface area (Å²) < 4.78 is 43.1. The van der Waals surface area contributed by atoms with Gasteiger partial charge in [0.2, 0.25) is 0 Å². The molecule has 23 heavy (non-hydrogen) atoms. The molecule has 1 saturated heterocycles. The topological polar surface area (TPSA) is 72.7 Å². The van der Waals surface area contributed by atoms with Crippen LogP contribution in [0.5, 0.6) is 0 Å². The van der Waals surface area contributed by atoms with Crippen LogP contribution in [-0.4, -0.2) is 30.1 Å². The summed E-state index contributed by atoms with van der Waals surface area (Å²) in [6.07, 6.45) is -3.63. The Kier molecular flexibility index (Phi) is 4.76. The van der Waals surface area contributed by atoms with Gasteiger partial charge in [-0.25, -0.2) is 4.79 Å². The highest BCUT2D eigenvalue weighted by atomic mass is 19.4. The summed E-state index contributed by atoms with van der Waals surface area (Å²) in [7, 11) is 0. The lowest BCUT2D eigenvalue weighted by Crippen LogP contribution is -2.37. The predicted molar refractivity (Wildman–Crippen MR) is 75.1 cm³/mol. The highest BCUT2D eigenvalue weighted by Gasteiger charge is 2.38. The standard InChI is InChI=1S/C14H15F3N2O4/c1-2-23-13(20)11-4-3-7-18(11)10-6-5-9(14(15,16)17)8-12(10)19(21)22/h5-6,8,11H,2-4,7H2,1H3. The number of anilines is 1. The van der Waals surface area contributed by atoms with Crippen LogP contribution >= 0.6 is 0 Å². The first-order chi connectivity index (χ1) is 10.8. The molecule has 0 amide bonds. The van der Waals surface area contributed by atoms with E-state index in [1.165, 1.54) is 4.90 Å². The largest absolute Gasteiger partial charge is 0.464 e. The van der Waals surface area contributed by atoms with Gasteiger partial charge in [-0.15, -0.1) is 0 Å². The third kappa shape index (κ3) is 3.54. The average molecular weight is 332 g/mol. The zero-order chi connectivity index (χ0) is 17.2. The zero-order valence-corrected chi connectivity index (χ0v) is 12.3. The molecule has 6 nitrogen and oxygen atoms in total. The van der Waals surface area contributed by atoms with Gasteiger partial charge >= 0.3 is 12.1 Å². The van der Waals surface area contributed by atoms with Gasteiger partial charge in [0, 0.05) is 12.6 Å². The van der Waals surface area contributed by atoms with Crippen molar-refractivity contribution < 1.29 is 27.6 Å². The van der Waals surface area contributed by atoms with Crippen LogP contribution in [0.4, 0.5) is 24.5 Å². The van der Waals surface area contributed by atoms with Crippen molar-refractivity contribution in [3.8, 4) is 0 Å². The molecule has 1 aromatic carbocycles.